The molecule has 2 aromatic rings. The van der Waals surface area contributed by atoms with Gasteiger partial charge in [-0.2, -0.15) is 0 Å². The van der Waals surface area contributed by atoms with Crippen LogP contribution in [0.25, 0.3) is 17.0 Å². The van der Waals surface area contributed by atoms with Crippen LogP contribution >= 0.6 is 0 Å². The molecule has 1 heterocycles. The summed E-state index contributed by atoms with van der Waals surface area (Å²) in [6, 6.07) is 10.0. The lowest BCUT2D eigenvalue weighted by molar-refractivity contribution is 0.604. The van der Waals surface area contributed by atoms with Gasteiger partial charge < -0.3 is 4.42 Å². The van der Waals surface area contributed by atoms with Crippen molar-refractivity contribution < 1.29 is 4.42 Å². The Bertz CT molecular complexity index is 570. The molecule has 0 bridgehead atoms. The van der Waals surface area contributed by atoms with Crippen LogP contribution in [0.4, 0.5) is 0 Å². The second kappa shape index (κ2) is 4.64. The molecule has 1 aromatic heterocycles. The topological polar surface area (TPSA) is 13.1 Å². The number of furan rings is 1. The normalized spacial score (nSPS) is 11.7. The molecule has 0 unspecified atom stereocenters. The fraction of sp³-hybridized carbons (Fsp3) is 0.200. The molecule has 0 N–H and O–H groups in total. The van der Waals surface area contributed by atoms with Gasteiger partial charge in [0.05, 0.1) is 0 Å². The monoisotopic (exact) mass is 240 g/mol. The minimum atomic E-state index is -1.27. The second-order valence-corrected chi connectivity index (χ2v) is 9.79. The van der Waals surface area contributed by atoms with Crippen LogP contribution in [-0.4, -0.2) is 8.07 Å². The maximum absolute atomic E-state index is 5.66. The van der Waals surface area contributed by atoms with Crippen molar-refractivity contribution in [1.29, 1.82) is 0 Å². The summed E-state index contributed by atoms with van der Waals surface area (Å²) in [5.41, 5.74) is 4.21. The molecular weight excluding hydrogens is 224 g/mol. The number of hydrogen-bond acceptors (Lipinski definition) is 1. The lowest BCUT2D eigenvalue weighted by Crippen LogP contribution is -2.16. The zero-order valence-corrected chi connectivity index (χ0v) is 11.4. The third-order valence-electron chi connectivity index (χ3n) is 2.22. The zero-order valence-electron chi connectivity index (χ0n) is 10.4. The summed E-state index contributed by atoms with van der Waals surface area (Å²) in [4.78, 5) is 0. The Kier molecular flexibility index (Phi) is 3.21. The average Bonchev–Trinajstić information content (AvgIpc) is 2.65. The van der Waals surface area contributed by atoms with Crippen molar-refractivity contribution in [2.75, 3.05) is 0 Å². The van der Waals surface area contributed by atoms with Gasteiger partial charge in [0, 0.05) is 5.39 Å². The largest absolute Gasteiger partial charge is 0.457 e. The number of allylic oxidation sites excluding steroid dienone is 1. The Labute approximate surface area is 103 Å². The Morgan fingerprint density at radius 3 is 2.65 bits per heavy atom. The molecule has 0 radical (unpaired) electrons. The molecule has 0 atom stereocenters. The summed E-state index contributed by atoms with van der Waals surface area (Å²) >= 11 is 0. The fourth-order valence-electron chi connectivity index (χ4n) is 1.47. The van der Waals surface area contributed by atoms with Crippen LogP contribution in [0.3, 0.4) is 0 Å². The van der Waals surface area contributed by atoms with Crippen molar-refractivity contribution in [3.63, 3.8) is 0 Å². The lowest BCUT2D eigenvalue weighted by atomic mass is 10.2. The van der Waals surface area contributed by atoms with Gasteiger partial charge in [-0.1, -0.05) is 43.8 Å². The van der Waals surface area contributed by atoms with Gasteiger partial charge >= 0.3 is 0 Å². The van der Waals surface area contributed by atoms with E-state index in [-0.39, 0.29) is 0 Å². The van der Waals surface area contributed by atoms with Crippen LogP contribution < -0.4 is 0 Å². The van der Waals surface area contributed by atoms with Gasteiger partial charge in [0.2, 0.25) is 0 Å². The third-order valence-corrected chi connectivity index (χ3v) is 3.12. The van der Waals surface area contributed by atoms with Crippen molar-refractivity contribution in [1.82, 2.24) is 0 Å². The number of para-hydroxylation sites is 1. The molecule has 0 spiro atoms. The highest BCUT2D eigenvalue weighted by Crippen LogP contribution is 2.19. The van der Waals surface area contributed by atoms with Gasteiger partial charge in [-0.05, 0) is 24.3 Å². The molecule has 0 saturated carbocycles. The first-order chi connectivity index (χ1) is 8.04. The van der Waals surface area contributed by atoms with E-state index in [4.69, 9.17) is 4.42 Å². The number of fused-ring (bicyclic) bond motifs is 1. The summed E-state index contributed by atoms with van der Waals surface area (Å²) in [6.07, 6.45) is 3.79. The molecule has 0 amide bonds. The van der Waals surface area contributed by atoms with E-state index in [2.05, 4.69) is 31.1 Å². The van der Waals surface area contributed by atoms with Crippen molar-refractivity contribution >= 4 is 25.1 Å². The predicted octanol–water partition coefficient (Wildman–Crippen LogP) is 4.33. The van der Waals surface area contributed by atoms with Crippen LogP contribution in [-0.2, 0) is 0 Å². The van der Waals surface area contributed by atoms with Crippen LogP contribution in [0.15, 0.2) is 40.8 Å². The van der Waals surface area contributed by atoms with Gasteiger partial charge in [0.15, 0.2) is 0 Å². The SMILES string of the molecule is C[Si](C)(C)C#C/C=C\c1cc2ccccc2o1. The standard InChI is InChI=1S/C15H16OSi/c1-17(2,3)11-7-6-9-14-12-13-8-4-5-10-15(13)16-14/h4-6,8-10,12H,1-3H3/b9-6-. The number of hydrogen-bond donors (Lipinski definition) is 0. The summed E-state index contributed by atoms with van der Waals surface area (Å²) in [5, 5.41) is 1.13. The number of benzene rings is 1. The quantitative estimate of drug-likeness (QED) is 0.534. The summed E-state index contributed by atoms with van der Waals surface area (Å²) in [6.45, 7) is 6.69. The highest BCUT2D eigenvalue weighted by Gasteiger charge is 2.06. The zero-order chi connectivity index (χ0) is 12.3. The van der Waals surface area contributed by atoms with Crippen LogP contribution in [0.1, 0.15) is 5.76 Å². The molecule has 1 nitrogen and oxygen atoms in total. The van der Waals surface area contributed by atoms with E-state index in [0.29, 0.717) is 0 Å². The van der Waals surface area contributed by atoms with Gasteiger partial charge in [-0.15, -0.1) is 5.54 Å². The first-order valence-corrected chi connectivity index (χ1v) is 9.22. The molecule has 0 aliphatic carbocycles. The first-order valence-electron chi connectivity index (χ1n) is 5.72. The molecule has 0 aliphatic heterocycles. The lowest BCUT2D eigenvalue weighted by Gasteiger charge is -2.01. The summed E-state index contributed by atoms with van der Waals surface area (Å²) < 4.78 is 5.66. The molecule has 0 saturated heterocycles. The molecule has 0 fully saturated rings. The van der Waals surface area contributed by atoms with Gasteiger partial charge in [-0.3, -0.25) is 0 Å². The molecule has 1 aromatic carbocycles. The second-order valence-electron chi connectivity index (χ2n) is 5.04. The smallest absolute Gasteiger partial charge is 0.134 e. The van der Waals surface area contributed by atoms with Crippen molar-refractivity contribution in [2.24, 2.45) is 0 Å². The first kappa shape index (κ1) is 11.8. The van der Waals surface area contributed by atoms with E-state index in [0.717, 1.165) is 16.7 Å². The predicted molar refractivity (Wildman–Crippen MR) is 76.4 cm³/mol. The van der Waals surface area contributed by atoms with E-state index < -0.39 is 8.07 Å². The van der Waals surface area contributed by atoms with Crippen molar-refractivity contribution in [3.8, 4) is 11.5 Å². The molecule has 17 heavy (non-hydrogen) atoms. The average molecular weight is 240 g/mol. The van der Waals surface area contributed by atoms with E-state index in [1.54, 1.807) is 0 Å². The van der Waals surface area contributed by atoms with E-state index >= 15 is 0 Å². The molecule has 2 rings (SSSR count). The Morgan fingerprint density at radius 1 is 1.18 bits per heavy atom. The van der Waals surface area contributed by atoms with Gasteiger partial charge in [0.25, 0.3) is 0 Å². The minimum absolute atomic E-state index is 0.857. The molecule has 0 aliphatic rings. The van der Waals surface area contributed by atoms with Crippen LogP contribution in [0.2, 0.25) is 19.6 Å². The van der Waals surface area contributed by atoms with Crippen molar-refractivity contribution in [2.45, 2.75) is 19.6 Å². The molecular formula is C15H16OSi. The van der Waals surface area contributed by atoms with Crippen LogP contribution in [0.5, 0.6) is 0 Å². The summed E-state index contributed by atoms with van der Waals surface area (Å²) in [5.74, 6) is 3.95. The van der Waals surface area contributed by atoms with E-state index in [9.17, 15) is 0 Å². The van der Waals surface area contributed by atoms with E-state index in [1.165, 1.54) is 0 Å². The Hall–Kier alpha value is -1.72. The molecule has 86 valence electrons. The highest BCUT2D eigenvalue weighted by atomic mass is 28.3. The third kappa shape index (κ3) is 3.37. The number of rotatable bonds is 1. The summed E-state index contributed by atoms with van der Waals surface area (Å²) in [7, 11) is -1.27. The molecule has 2 heteroatoms. The Morgan fingerprint density at radius 2 is 1.94 bits per heavy atom. The van der Waals surface area contributed by atoms with Crippen LogP contribution in [0, 0.1) is 11.5 Å². The maximum Gasteiger partial charge on any atom is 0.134 e. The minimum Gasteiger partial charge on any atom is -0.457 e. The van der Waals surface area contributed by atoms with Crippen molar-refractivity contribution in [3.05, 3.63) is 42.2 Å². The van der Waals surface area contributed by atoms with Gasteiger partial charge in [0.1, 0.15) is 19.4 Å². The highest BCUT2D eigenvalue weighted by molar-refractivity contribution is 6.83. The van der Waals surface area contributed by atoms with Gasteiger partial charge in [-0.25, -0.2) is 0 Å². The van der Waals surface area contributed by atoms with E-state index in [1.807, 2.05) is 42.5 Å². The fourth-order valence-corrected chi connectivity index (χ4v) is 1.98. The maximum atomic E-state index is 5.66. The Balaban J connectivity index is 2.18.